The van der Waals surface area contributed by atoms with Crippen molar-refractivity contribution in [1.82, 2.24) is 4.90 Å². The molecule has 1 amide bonds. The number of nitrogens with zero attached hydrogens (tertiary/aromatic N) is 1. The first kappa shape index (κ1) is 20.0. The molecule has 1 spiro atoms. The summed E-state index contributed by atoms with van der Waals surface area (Å²) in [4.78, 5) is 15.3. The maximum Gasteiger partial charge on any atom is 0.228 e. The fourth-order valence-corrected chi connectivity index (χ4v) is 4.70. The molecule has 2 heterocycles. The van der Waals surface area contributed by atoms with Crippen molar-refractivity contribution in [3.8, 4) is 5.75 Å². The zero-order chi connectivity index (χ0) is 20.4. The number of piperidine rings is 1. The highest BCUT2D eigenvalue weighted by Gasteiger charge is 2.58. The second-order valence-corrected chi connectivity index (χ2v) is 8.79. The van der Waals surface area contributed by atoms with Crippen LogP contribution in [0.5, 0.6) is 5.75 Å². The first-order valence-corrected chi connectivity index (χ1v) is 10.7. The highest BCUT2D eigenvalue weighted by Crippen LogP contribution is 2.59. The molecule has 1 aliphatic carbocycles. The molecular formula is C24H32N2O3. The Morgan fingerprint density at radius 3 is 2.72 bits per heavy atom. The van der Waals surface area contributed by atoms with E-state index >= 15 is 0 Å². The fourth-order valence-electron chi connectivity index (χ4n) is 4.70. The van der Waals surface area contributed by atoms with Crippen LogP contribution >= 0.6 is 0 Å². The van der Waals surface area contributed by atoms with Gasteiger partial charge in [-0.25, -0.2) is 0 Å². The molecule has 2 aliphatic rings. The Hall–Kier alpha value is -2.27. The minimum atomic E-state index is 0.138. The van der Waals surface area contributed by atoms with E-state index in [0.29, 0.717) is 11.7 Å². The van der Waals surface area contributed by atoms with Gasteiger partial charge in [-0.05, 0) is 81.9 Å². The number of aryl methyl sites for hydroxylation is 1. The molecule has 0 radical (unpaired) electrons. The van der Waals surface area contributed by atoms with E-state index in [9.17, 15) is 4.79 Å². The normalized spacial score (nSPS) is 21.7. The van der Waals surface area contributed by atoms with Gasteiger partial charge in [0.2, 0.25) is 5.91 Å². The summed E-state index contributed by atoms with van der Waals surface area (Å²) < 4.78 is 11.1. The summed E-state index contributed by atoms with van der Waals surface area (Å²) in [6.07, 6.45) is 4.36. The monoisotopic (exact) mass is 396 g/mol. The van der Waals surface area contributed by atoms with Gasteiger partial charge < -0.3 is 19.4 Å². The third-order valence-electron chi connectivity index (χ3n) is 6.85. The second kappa shape index (κ2) is 8.23. The van der Waals surface area contributed by atoms with Gasteiger partial charge in [0, 0.05) is 11.8 Å². The molecule has 156 valence electrons. The Labute approximate surface area is 173 Å². The summed E-state index contributed by atoms with van der Waals surface area (Å²) in [6.45, 7) is 7.50. The molecule has 4 rings (SSSR count). The van der Waals surface area contributed by atoms with E-state index in [1.165, 1.54) is 0 Å². The maximum atomic E-state index is 12.8. The molecule has 2 atom stereocenters. The van der Waals surface area contributed by atoms with Crippen molar-refractivity contribution < 1.29 is 13.9 Å². The van der Waals surface area contributed by atoms with E-state index in [0.717, 1.165) is 62.5 Å². The van der Waals surface area contributed by atoms with Crippen LogP contribution in [0.3, 0.4) is 0 Å². The molecule has 2 fully saturated rings. The summed E-state index contributed by atoms with van der Waals surface area (Å²) in [5.74, 6) is 3.51. The number of para-hydroxylation sites is 2. The number of amides is 1. The van der Waals surface area contributed by atoms with Crippen LogP contribution in [0.15, 0.2) is 40.8 Å². The molecule has 1 saturated heterocycles. The van der Waals surface area contributed by atoms with Crippen molar-refractivity contribution in [2.75, 3.05) is 32.1 Å². The molecule has 1 aromatic heterocycles. The second-order valence-electron chi connectivity index (χ2n) is 8.79. The zero-order valence-electron chi connectivity index (χ0n) is 17.7. The van der Waals surface area contributed by atoms with Gasteiger partial charge in [0.15, 0.2) is 0 Å². The van der Waals surface area contributed by atoms with Gasteiger partial charge in [-0.3, -0.25) is 4.79 Å². The fraction of sp³-hybridized carbons (Fsp3) is 0.542. The largest absolute Gasteiger partial charge is 0.495 e. The predicted molar refractivity (Wildman–Crippen MR) is 114 cm³/mol. The average molecular weight is 397 g/mol. The number of carbonyl (C=O) groups is 1. The molecule has 2 aromatic rings. The third-order valence-corrected chi connectivity index (χ3v) is 6.85. The minimum absolute atomic E-state index is 0.138. The third kappa shape index (κ3) is 4.35. The minimum Gasteiger partial charge on any atom is -0.495 e. The highest BCUT2D eigenvalue weighted by molar-refractivity contribution is 5.96. The van der Waals surface area contributed by atoms with E-state index < -0.39 is 0 Å². The first-order chi connectivity index (χ1) is 14.0. The van der Waals surface area contributed by atoms with Crippen molar-refractivity contribution in [2.45, 2.75) is 45.4 Å². The number of hydrogen-bond acceptors (Lipinski definition) is 4. The van der Waals surface area contributed by atoms with Crippen LogP contribution in [-0.2, 0) is 4.79 Å². The number of methoxy groups -OCH3 is 1. The van der Waals surface area contributed by atoms with Gasteiger partial charge in [-0.15, -0.1) is 0 Å². The molecular weight excluding hydrogens is 364 g/mol. The molecule has 0 bridgehead atoms. The number of anilines is 1. The predicted octanol–water partition coefficient (Wildman–Crippen LogP) is 4.83. The Kier molecular flexibility index (Phi) is 5.68. The number of ether oxygens (including phenoxy) is 1. The van der Waals surface area contributed by atoms with E-state index in [-0.39, 0.29) is 17.2 Å². The Bertz CT molecular complexity index is 851. The van der Waals surface area contributed by atoms with Gasteiger partial charge in [-0.1, -0.05) is 19.1 Å². The van der Waals surface area contributed by atoms with Crippen LogP contribution in [0.25, 0.3) is 0 Å². The molecule has 29 heavy (non-hydrogen) atoms. The lowest BCUT2D eigenvalue weighted by Crippen LogP contribution is -2.37. The Morgan fingerprint density at radius 2 is 2.03 bits per heavy atom. The lowest BCUT2D eigenvalue weighted by Gasteiger charge is -2.33. The van der Waals surface area contributed by atoms with Gasteiger partial charge in [0.1, 0.15) is 17.3 Å². The average Bonchev–Trinajstić information content (AvgIpc) is 3.26. The molecule has 1 aromatic carbocycles. The van der Waals surface area contributed by atoms with Gasteiger partial charge in [-0.2, -0.15) is 0 Å². The Balaban J connectivity index is 1.24. The Morgan fingerprint density at radius 1 is 1.28 bits per heavy atom. The van der Waals surface area contributed by atoms with Gasteiger partial charge in [0.25, 0.3) is 0 Å². The van der Waals surface area contributed by atoms with Crippen molar-refractivity contribution >= 4 is 11.6 Å². The number of hydrogen-bond donors (Lipinski definition) is 1. The summed E-state index contributed by atoms with van der Waals surface area (Å²) >= 11 is 0. The number of rotatable bonds is 7. The number of carbonyl (C=O) groups excluding carboxylic acids is 1. The quantitative estimate of drug-likeness (QED) is 0.728. The van der Waals surface area contributed by atoms with Crippen molar-refractivity contribution in [2.24, 2.45) is 11.3 Å². The molecule has 1 aliphatic heterocycles. The molecule has 5 heteroatoms. The van der Waals surface area contributed by atoms with E-state index in [1.807, 2.05) is 37.3 Å². The summed E-state index contributed by atoms with van der Waals surface area (Å²) in [5.41, 5.74) is 0.980. The molecule has 1 saturated carbocycles. The van der Waals surface area contributed by atoms with Crippen molar-refractivity contribution in [3.63, 3.8) is 0 Å². The van der Waals surface area contributed by atoms with Crippen LogP contribution in [0, 0.1) is 18.3 Å². The first-order valence-electron chi connectivity index (χ1n) is 10.7. The van der Waals surface area contributed by atoms with Gasteiger partial charge in [0.05, 0.1) is 12.8 Å². The van der Waals surface area contributed by atoms with E-state index in [1.54, 1.807) is 7.11 Å². The SMILES string of the molecule is COc1ccccc1NC(=O)C1CC12CCN(CCC(C)c1ccc(C)o1)CC2. The maximum absolute atomic E-state index is 12.8. The number of likely N-dealkylation sites (tertiary alicyclic amines) is 1. The number of benzene rings is 1. The zero-order valence-corrected chi connectivity index (χ0v) is 17.7. The molecule has 2 unspecified atom stereocenters. The van der Waals surface area contributed by atoms with Crippen LogP contribution in [0.4, 0.5) is 5.69 Å². The molecule has 1 N–H and O–H groups in total. The van der Waals surface area contributed by atoms with Crippen LogP contribution in [0.1, 0.15) is 50.0 Å². The summed E-state index contributed by atoms with van der Waals surface area (Å²) in [7, 11) is 1.63. The standard InChI is InChI=1S/C24H32N2O3/c1-17(21-9-8-18(2)29-21)10-13-26-14-11-24(12-15-26)16-19(24)23(27)25-20-6-4-5-7-22(20)28-3/h4-9,17,19H,10-16H2,1-3H3,(H,25,27). The number of furan rings is 1. The lowest BCUT2D eigenvalue weighted by molar-refractivity contribution is -0.118. The summed E-state index contributed by atoms with van der Waals surface area (Å²) in [6, 6.07) is 11.7. The lowest BCUT2D eigenvalue weighted by atomic mass is 9.90. The van der Waals surface area contributed by atoms with E-state index in [4.69, 9.17) is 9.15 Å². The van der Waals surface area contributed by atoms with Crippen LogP contribution in [0.2, 0.25) is 0 Å². The van der Waals surface area contributed by atoms with E-state index in [2.05, 4.69) is 23.2 Å². The van der Waals surface area contributed by atoms with Crippen molar-refractivity contribution in [1.29, 1.82) is 0 Å². The highest BCUT2D eigenvalue weighted by atomic mass is 16.5. The summed E-state index contributed by atoms with van der Waals surface area (Å²) in [5, 5.41) is 3.08. The molecule has 5 nitrogen and oxygen atoms in total. The van der Waals surface area contributed by atoms with Crippen molar-refractivity contribution in [3.05, 3.63) is 47.9 Å². The van der Waals surface area contributed by atoms with Crippen LogP contribution < -0.4 is 10.1 Å². The topological polar surface area (TPSA) is 54.7 Å². The van der Waals surface area contributed by atoms with Gasteiger partial charge >= 0.3 is 0 Å². The number of nitrogens with one attached hydrogen (secondary N) is 1. The van der Waals surface area contributed by atoms with Crippen LogP contribution in [-0.4, -0.2) is 37.6 Å². The smallest absolute Gasteiger partial charge is 0.228 e.